The van der Waals surface area contributed by atoms with Crippen LogP contribution in [0.4, 0.5) is 23.0 Å². The first-order valence-corrected chi connectivity index (χ1v) is 8.24. The molecule has 0 saturated carbocycles. The average Bonchev–Trinajstić information content (AvgIpc) is 2.61. The van der Waals surface area contributed by atoms with Crippen LogP contribution in [0.1, 0.15) is 11.1 Å². The van der Waals surface area contributed by atoms with Crippen LogP contribution in [-0.4, -0.2) is 24.2 Å². The fourth-order valence-electron chi connectivity index (χ4n) is 2.73. The molecule has 6 heteroatoms. The maximum absolute atomic E-state index is 5.41. The molecule has 0 spiro atoms. The van der Waals surface area contributed by atoms with Crippen LogP contribution in [0.5, 0.6) is 11.5 Å². The maximum Gasteiger partial charge on any atom is 0.146 e. The van der Waals surface area contributed by atoms with Crippen molar-refractivity contribution >= 4 is 23.0 Å². The number of ether oxygens (including phenoxy) is 2. The normalized spacial score (nSPS) is 10.3. The van der Waals surface area contributed by atoms with Gasteiger partial charge in [-0.05, 0) is 49.2 Å². The van der Waals surface area contributed by atoms with Crippen LogP contribution in [-0.2, 0) is 0 Å². The second-order valence-corrected chi connectivity index (χ2v) is 5.98. The van der Waals surface area contributed by atoms with E-state index in [1.807, 2.05) is 24.3 Å². The zero-order valence-electron chi connectivity index (χ0n) is 15.3. The molecular formula is C20H22N4O2. The molecule has 3 rings (SSSR count). The van der Waals surface area contributed by atoms with Gasteiger partial charge in [0.2, 0.25) is 0 Å². The van der Waals surface area contributed by atoms with Gasteiger partial charge in [0.15, 0.2) is 0 Å². The molecule has 1 aromatic heterocycles. The fourth-order valence-corrected chi connectivity index (χ4v) is 2.73. The van der Waals surface area contributed by atoms with Gasteiger partial charge < -0.3 is 20.1 Å². The van der Waals surface area contributed by atoms with Crippen LogP contribution in [0.2, 0.25) is 0 Å². The van der Waals surface area contributed by atoms with E-state index < -0.39 is 0 Å². The highest BCUT2D eigenvalue weighted by Crippen LogP contribution is 2.31. The minimum Gasteiger partial charge on any atom is -0.497 e. The number of aromatic nitrogens is 2. The highest BCUT2D eigenvalue weighted by atomic mass is 16.5. The van der Waals surface area contributed by atoms with Gasteiger partial charge in [0.25, 0.3) is 0 Å². The second-order valence-electron chi connectivity index (χ2n) is 5.98. The van der Waals surface area contributed by atoms with Crippen molar-refractivity contribution in [1.82, 2.24) is 9.97 Å². The first-order chi connectivity index (χ1) is 12.6. The molecule has 26 heavy (non-hydrogen) atoms. The summed E-state index contributed by atoms with van der Waals surface area (Å²) < 4.78 is 10.6. The van der Waals surface area contributed by atoms with Gasteiger partial charge in [-0.2, -0.15) is 0 Å². The van der Waals surface area contributed by atoms with Crippen molar-refractivity contribution in [1.29, 1.82) is 0 Å². The number of methoxy groups -OCH3 is 2. The summed E-state index contributed by atoms with van der Waals surface area (Å²) in [7, 11) is 3.24. The molecule has 2 N–H and O–H groups in total. The lowest BCUT2D eigenvalue weighted by molar-refractivity contribution is 0.395. The minimum absolute atomic E-state index is 0.662. The van der Waals surface area contributed by atoms with Gasteiger partial charge in [0, 0.05) is 17.8 Å². The molecule has 0 bridgehead atoms. The summed E-state index contributed by atoms with van der Waals surface area (Å²) in [4.78, 5) is 8.57. The summed E-state index contributed by atoms with van der Waals surface area (Å²) in [6, 6.07) is 13.7. The van der Waals surface area contributed by atoms with Crippen molar-refractivity contribution in [2.75, 3.05) is 24.9 Å². The SMILES string of the molecule is COc1ccc(Nc2cc(Nc3cc(C)cc(C)c3)ncn2)c(OC)c1. The Hall–Kier alpha value is -3.28. The molecule has 1 heterocycles. The van der Waals surface area contributed by atoms with Crippen molar-refractivity contribution in [2.45, 2.75) is 13.8 Å². The average molecular weight is 350 g/mol. The Balaban J connectivity index is 1.81. The highest BCUT2D eigenvalue weighted by Gasteiger charge is 2.07. The third-order valence-corrected chi connectivity index (χ3v) is 3.83. The molecular weight excluding hydrogens is 328 g/mol. The summed E-state index contributed by atoms with van der Waals surface area (Å²) in [6.45, 7) is 4.14. The lowest BCUT2D eigenvalue weighted by Gasteiger charge is -2.13. The molecule has 0 aliphatic rings. The summed E-state index contributed by atoms with van der Waals surface area (Å²) in [5.41, 5.74) is 4.18. The van der Waals surface area contributed by atoms with Crippen LogP contribution >= 0.6 is 0 Å². The van der Waals surface area contributed by atoms with Crippen LogP contribution in [0.15, 0.2) is 48.8 Å². The summed E-state index contributed by atoms with van der Waals surface area (Å²) in [5, 5.41) is 6.57. The van der Waals surface area contributed by atoms with Crippen molar-refractivity contribution in [3.05, 3.63) is 59.9 Å². The summed E-state index contributed by atoms with van der Waals surface area (Å²) in [5.74, 6) is 2.77. The van der Waals surface area contributed by atoms with Crippen molar-refractivity contribution in [3.8, 4) is 11.5 Å². The number of nitrogens with one attached hydrogen (secondary N) is 2. The maximum atomic E-state index is 5.41. The molecule has 3 aromatic rings. The van der Waals surface area contributed by atoms with Gasteiger partial charge in [0.05, 0.1) is 19.9 Å². The zero-order chi connectivity index (χ0) is 18.5. The van der Waals surface area contributed by atoms with Crippen LogP contribution in [0, 0.1) is 13.8 Å². The number of hydrogen-bond donors (Lipinski definition) is 2. The van der Waals surface area contributed by atoms with Crippen molar-refractivity contribution in [3.63, 3.8) is 0 Å². The summed E-state index contributed by atoms with van der Waals surface area (Å²) >= 11 is 0. The smallest absolute Gasteiger partial charge is 0.146 e. The number of nitrogens with zero attached hydrogens (tertiary/aromatic N) is 2. The number of aryl methyl sites for hydroxylation is 2. The van der Waals surface area contributed by atoms with Crippen molar-refractivity contribution < 1.29 is 9.47 Å². The summed E-state index contributed by atoms with van der Waals surface area (Å²) in [6.07, 6.45) is 1.52. The molecule has 0 atom stereocenters. The highest BCUT2D eigenvalue weighted by molar-refractivity contribution is 5.68. The molecule has 134 valence electrons. The topological polar surface area (TPSA) is 68.3 Å². The van der Waals surface area contributed by atoms with Crippen molar-refractivity contribution in [2.24, 2.45) is 0 Å². The molecule has 2 aromatic carbocycles. The number of benzene rings is 2. The van der Waals surface area contributed by atoms with Gasteiger partial charge in [-0.15, -0.1) is 0 Å². The Morgan fingerprint density at radius 2 is 1.46 bits per heavy atom. The quantitative estimate of drug-likeness (QED) is 0.677. The van der Waals surface area contributed by atoms with E-state index in [1.54, 1.807) is 14.2 Å². The Labute approximate surface area is 153 Å². The Morgan fingerprint density at radius 1 is 0.769 bits per heavy atom. The van der Waals surface area contributed by atoms with Crippen LogP contribution in [0.3, 0.4) is 0 Å². The minimum atomic E-state index is 0.662. The van der Waals surface area contributed by atoms with Crippen LogP contribution < -0.4 is 20.1 Å². The molecule has 6 nitrogen and oxygen atoms in total. The third-order valence-electron chi connectivity index (χ3n) is 3.83. The van der Waals surface area contributed by atoms with Gasteiger partial charge >= 0.3 is 0 Å². The molecule has 0 aliphatic heterocycles. The Kier molecular flexibility index (Phi) is 5.22. The predicted octanol–water partition coefficient (Wildman–Crippen LogP) is 4.60. The Bertz CT molecular complexity index is 892. The largest absolute Gasteiger partial charge is 0.497 e. The van der Waals surface area contributed by atoms with E-state index in [-0.39, 0.29) is 0 Å². The first kappa shape index (κ1) is 17.5. The molecule has 0 fully saturated rings. The van der Waals surface area contributed by atoms with Gasteiger partial charge in [-0.25, -0.2) is 9.97 Å². The molecule has 0 unspecified atom stereocenters. The van der Waals surface area contributed by atoms with E-state index >= 15 is 0 Å². The third kappa shape index (κ3) is 4.22. The van der Waals surface area contributed by atoms with E-state index in [0.717, 1.165) is 17.1 Å². The Morgan fingerprint density at radius 3 is 2.12 bits per heavy atom. The zero-order valence-corrected chi connectivity index (χ0v) is 15.3. The number of anilines is 4. The lowest BCUT2D eigenvalue weighted by atomic mass is 10.1. The second kappa shape index (κ2) is 7.74. The van der Waals surface area contributed by atoms with E-state index in [1.165, 1.54) is 17.5 Å². The van der Waals surface area contributed by atoms with E-state index in [0.29, 0.717) is 17.4 Å². The molecule has 0 saturated heterocycles. The van der Waals surface area contributed by atoms with Gasteiger partial charge in [0.1, 0.15) is 29.5 Å². The molecule has 0 aliphatic carbocycles. The fraction of sp³-hybridized carbons (Fsp3) is 0.200. The van der Waals surface area contributed by atoms with Gasteiger partial charge in [-0.1, -0.05) is 6.07 Å². The predicted molar refractivity (Wildman–Crippen MR) is 104 cm³/mol. The van der Waals surface area contributed by atoms with E-state index in [2.05, 4.69) is 52.6 Å². The first-order valence-electron chi connectivity index (χ1n) is 8.24. The number of hydrogen-bond acceptors (Lipinski definition) is 6. The van der Waals surface area contributed by atoms with E-state index in [9.17, 15) is 0 Å². The lowest BCUT2D eigenvalue weighted by Crippen LogP contribution is -2.00. The standard InChI is InChI=1S/C20H22N4O2/c1-13-7-14(2)9-15(8-13)23-19-11-20(22-12-21-19)24-17-6-5-16(25-3)10-18(17)26-4/h5-12H,1-4H3,(H2,21,22,23,24). The molecule has 0 amide bonds. The van der Waals surface area contributed by atoms with Crippen LogP contribution in [0.25, 0.3) is 0 Å². The van der Waals surface area contributed by atoms with Gasteiger partial charge in [-0.3, -0.25) is 0 Å². The van der Waals surface area contributed by atoms with E-state index in [4.69, 9.17) is 9.47 Å². The molecule has 0 radical (unpaired) electrons. The number of rotatable bonds is 6. The monoisotopic (exact) mass is 350 g/mol.